The summed E-state index contributed by atoms with van der Waals surface area (Å²) in [6.07, 6.45) is 1.80. The van der Waals surface area contributed by atoms with E-state index in [9.17, 15) is 22.0 Å². The van der Waals surface area contributed by atoms with Gasteiger partial charge >= 0.3 is 5.76 Å². The van der Waals surface area contributed by atoms with Crippen molar-refractivity contribution in [2.45, 2.75) is 23.5 Å². The summed E-state index contributed by atoms with van der Waals surface area (Å²) in [4.78, 5) is 11.0. The number of alkyl halides is 2. The van der Waals surface area contributed by atoms with Gasteiger partial charge in [-0.15, -0.1) is 0 Å². The predicted octanol–water partition coefficient (Wildman–Crippen LogP) is 1.62. The number of nitrogens with one attached hydrogen (secondary N) is 2. The Morgan fingerprint density at radius 2 is 1.90 bits per heavy atom. The first kappa shape index (κ1) is 15.7. The third kappa shape index (κ3) is 3.90. The molecule has 0 aliphatic heterocycles. The summed E-state index contributed by atoms with van der Waals surface area (Å²) in [6, 6.07) is 5.48. The molecule has 0 spiro atoms. The maximum Gasteiger partial charge on any atom is 0.341 e. The maximum atomic E-state index is 12.6. The zero-order chi connectivity index (χ0) is 15.5. The first-order chi connectivity index (χ1) is 9.93. The predicted molar refractivity (Wildman–Crippen MR) is 73.9 cm³/mol. The van der Waals surface area contributed by atoms with E-state index >= 15 is 0 Å². The molecule has 2 N–H and O–H groups in total. The van der Waals surface area contributed by atoms with Crippen LogP contribution in [0, 0.1) is 5.92 Å². The van der Waals surface area contributed by atoms with Crippen LogP contribution in [0.1, 0.15) is 12.8 Å². The molecule has 2 rings (SSSR count). The van der Waals surface area contributed by atoms with Gasteiger partial charge in [0.25, 0.3) is 0 Å². The number of anilines is 1. The van der Waals surface area contributed by atoms with Gasteiger partial charge < -0.3 is 10.6 Å². The minimum Gasteiger partial charge on any atom is -0.382 e. The van der Waals surface area contributed by atoms with Gasteiger partial charge in [-0.1, -0.05) is 12.1 Å². The average Bonchev–Trinajstić information content (AvgIpc) is 3.28. The molecule has 0 bridgehead atoms. The fourth-order valence-corrected chi connectivity index (χ4v) is 2.74. The lowest BCUT2D eigenvalue weighted by Gasteiger charge is -2.12. The van der Waals surface area contributed by atoms with E-state index in [1.54, 1.807) is 6.07 Å². The summed E-state index contributed by atoms with van der Waals surface area (Å²) in [5.74, 6) is -3.39. The Morgan fingerprint density at radius 3 is 2.52 bits per heavy atom. The highest BCUT2D eigenvalue weighted by molar-refractivity contribution is 7.91. The van der Waals surface area contributed by atoms with Crippen molar-refractivity contribution in [3.8, 4) is 0 Å². The molecule has 1 aliphatic rings. The van der Waals surface area contributed by atoms with E-state index in [0.717, 1.165) is 18.9 Å². The molecule has 21 heavy (non-hydrogen) atoms. The minimum absolute atomic E-state index is 0.0229. The molecule has 0 radical (unpaired) electrons. The molecular weight excluding hydrogens is 302 g/mol. The lowest BCUT2D eigenvalue weighted by Crippen LogP contribution is -2.30. The lowest BCUT2D eigenvalue weighted by molar-refractivity contribution is -0.122. The second-order valence-corrected chi connectivity index (χ2v) is 6.68. The molecule has 1 aromatic carbocycles. The van der Waals surface area contributed by atoms with Crippen LogP contribution < -0.4 is 10.6 Å². The van der Waals surface area contributed by atoms with Crippen molar-refractivity contribution in [2.24, 2.45) is 5.92 Å². The number of benzene rings is 1. The van der Waals surface area contributed by atoms with Gasteiger partial charge in [0.05, 0.1) is 10.6 Å². The number of rotatable bonds is 7. The zero-order valence-electron chi connectivity index (χ0n) is 11.2. The fourth-order valence-electron chi connectivity index (χ4n) is 1.83. The normalized spacial score (nSPS) is 15.0. The Balaban J connectivity index is 1.95. The molecule has 0 heterocycles. The van der Waals surface area contributed by atoms with E-state index in [1.807, 2.05) is 0 Å². The summed E-state index contributed by atoms with van der Waals surface area (Å²) >= 11 is 0. The molecule has 0 saturated heterocycles. The lowest BCUT2D eigenvalue weighted by atomic mass is 10.3. The Kier molecular flexibility index (Phi) is 4.76. The van der Waals surface area contributed by atoms with Crippen molar-refractivity contribution in [3.63, 3.8) is 0 Å². The number of halogens is 2. The van der Waals surface area contributed by atoms with E-state index in [1.165, 1.54) is 12.1 Å². The Morgan fingerprint density at radius 1 is 1.24 bits per heavy atom. The molecule has 0 atom stereocenters. The standard InChI is InChI=1S/C13H16F2N2O3S/c14-13(15)21(19,20)11-4-2-1-3-10(11)16-7-8-17-12(18)9-5-6-9/h1-4,9,13,16H,5-8H2,(H,17,18). The number of para-hydroxylation sites is 1. The Hall–Kier alpha value is -1.70. The molecule has 1 aliphatic carbocycles. The highest BCUT2D eigenvalue weighted by Gasteiger charge is 2.30. The average molecular weight is 318 g/mol. The van der Waals surface area contributed by atoms with Crippen molar-refractivity contribution in [2.75, 3.05) is 18.4 Å². The summed E-state index contributed by atoms with van der Waals surface area (Å²) < 4.78 is 48.3. The van der Waals surface area contributed by atoms with Crippen LogP contribution in [0.25, 0.3) is 0 Å². The van der Waals surface area contributed by atoms with Crippen LogP contribution in [0.4, 0.5) is 14.5 Å². The first-order valence-corrected chi connectivity index (χ1v) is 8.10. The van der Waals surface area contributed by atoms with Gasteiger partial charge in [0.2, 0.25) is 15.7 Å². The molecule has 8 heteroatoms. The monoisotopic (exact) mass is 318 g/mol. The van der Waals surface area contributed by atoms with Crippen molar-refractivity contribution >= 4 is 21.4 Å². The number of sulfone groups is 1. The number of carbonyl (C=O) groups excluding carboxylic acids is 1. The van der Waals surface area contributed by atoms with E-state index in [2.05, 4.69) is 10.6 Å². The maximum absolute atomic E-state index is 12.6. The van der Waals surface area contributed by atoms with Gasteiger partial charge in [-0.25, -0.2) is 8.42 Å². The highest BCUT2D eigenvalue weighted by atomic mass is 32.2. The molecule has 1 amide bonds. The zero-order valence-corrected chi connectivity index (χ0v) is 12.0. The number of carbonyl (C=O) groups is 1. The highest BCUT2D eigenvalue weighted by Crippen LogP contribution is 2.28. The van der Waals surface area contributed by atoms with Crippen LogP contribution in [0.2, 0.25) is 0 Å². The summed E-state index contributed by atoms with van der Waals surface area (Å²) in [5, 5.41) is 5.46. The number of hydrogen-bond donors (Lipinski definition) is 2. The fraction of sp³-hybridized carbons (Fsp3) is 0.462. The largest absolute Gasteiger partial charge is 0.382 e. The van der Waals surface area contributed by atoms with Gasteiger partial charge in [0, 0.05) is 19.0 Å². The second-order valence-electron chi connectivity index (χ2n) is 4.79. The van der Waals surface area contributed by atoms with Crippen molar-refractivity contribution in [1.82, 2.24) is 5.32 Å². The molecule has 5 nitrogen and oxygen atoms in total. The third-order valence-corrected chi connectivity index (χ3v) is 4.55. The van der Waals surface area contributed by atoms with Gasteiger partial charge in [0.15, 0.2) is 0 Å². The summed E-state index contributed by atoms with van der Waals surface area (Å²) in [7, 11) is -4.65. The van der Waals surface area contributed by atoms with Crippen molar-refractivity contribution < 1.29 is 22.0 Å². The van der Waals surface area contributed by atoms with Crippen LogP contribution in [0.15, 0.2) is 29.2 Å². The SMILES string of the molecule is O=C(NCCNc1ccccc1S(=O)(=O)C(F)F)C1CC1. The Bertz CT molecular complexity index is 616. The summed E-state index contributed by atoms with van der Waals surface area (Å²) in [5.41, 5.74) is 0.110. The van der Waals surface area contributed by atoms with E-state index in [0.29, 0.717) is 6.54 Å². The van der Waals surface area contributed by atoms with Crippen molar-refractivity contribution in [1.29, 1.82) is 0 Å². The van der Waals surface area contributed by atoms with E-state index in [-0.39, 0.29) is 24.1 Å². The van der Waals surface area contributed by atoms with Crippen molar-refractivity contribution in [3.05, 3.63) is 24.3 Å². The molecule has 1 aromatic rings. The van der Waals surface area contributed by atoms with E-state index in [4.69, 9.17) is 0 Å². The number of hydrogen-bond acceptors (Lipinski definition) is 4. The van der Waals surface area contributed by atoms with Gasteiger partial charge in [-0.3, -0.25) is 4.79 Å². The molecule has 0 aromatic heterocycles. The third-order valence-electron chi connectivity index (χ3n) is 3.12. The van der Waals surface area contributed by atoms with Crippen LogP contribution in [-0.2, 0) is 14.6 Å². The minimum atomic E-state index is -4.65. The van der Waals surface area contributed by atoms with Crippen LogP contribution in [-0.4, -0.2) is 33.2 Å². The number of amides is 1. The summed E-state index contributed by atoms with van der Waals surface area (Å²) in [6.45, 7) is 0.562. The first-order valence-electron chi connectivity index (χ1n) is 6.55. The van der Waals surface area contributed by atoms with Crippen LogP contribution >= 0.6 is 0 Å². The van der Waals surface area contributed by atoms with Crippen LogP contribution in [0.3, 0.4) is 0 Å². The molecular formula is C13H16F2N2O3S. The Labute approximate surface area is 121 Å². The van der Waals surface area contributed by atoms with Gasteiger partial charge in [-0.2, -0.15) is 8.78 Å². The van der Waals surface area contributed by atoms with Gasteiger partial charge in [-0.05, 0) is 25.0 Å². The molecule has 0 unspecified atom stereocenters. The van der Waals surface area contributed by atoms with E-state index < -0.39 is 20.5 Å². The van der Waals surface area contributed by atoms with Crippen LogP contribution in [0.5, 0.6) is 0 Å². The molecule has 116 valence electrons. The molecule has 1 saturated carbocycles. The second kappa shape index (κ2) is 6.38. The quantitative estimate of drug-likeness (QED) is 0.749. The smallest absolute Gasteiger partial charge is 0.341 e. The topological polar surface area (TPSA) is 75.3 Å². The van der Waals surface area contributed by atoms with Gasteiger partial charge in [0.1, 0.15) is 0 Å². The molecule has 1 fully saturated rings.